The smallest absolute Gasteiger partial charge is 0.339 e. The number of nitrogens with one attached hydrogen (secondary N) is 1. The third kappa shape index (κ3) is 5.30. The van der Waals surface area contributed by atoms with E-state index in [4.69, 9.17) is 0 Å². The summed E-state index contributed by atoms with van der Waals surface area (Å²) in [6, 6.07) is 6.57. The molecular weight excluding hydrogens is 405 g/mol. The van der Waals surface area contributed by atoms with Gasteiger partial charge in [0, 0.05) is 13.1 Å². The van der Waals surface area contributed by atoms with Gasteiger partial charge in [-0.2, -0.15) is 18.3 Å². The van der Waals surface area contributed by atoms with Gasteiger partial charge in [0.15, 0.2) is 5.69 Å². The van der Waals surface area contributed by atoms with E-state index in [2.05, 4.69) is 10.4 Å². The zero-order valence-corrected chi connectivity index (χ0v) is 17.3. The monoisotopic (exact) mass is 430 g/mol. The van der Waals surface area contributed by atoms with Crippen molar-refractivity contribution in [1.82, 2.24) is 20.0 Å². The summed E-state index contributed by atoms with van der Waals surface area (Å²) >= 11 is 0. The van der Waals surface area contributed by atoms with E-state index in [0.29, 0.717) is 19.0 Å². The molecule has 3 rings (SSSR count). The van der Waals surface area contributed by atoms with Gasteiger partial charge < -0.3 is 10.2 Å². The van der Waals surface area contributed by atoms with Gasteiger partial charge in [0.1, 0.15) is 0 Å². The highest BCUT2D eigenvalue weighted by atomic mass is 35.5. The minimum absolute atomic E-state index is 0. The molecule has 1 aromatic heterocycles. The standard InChI is InChI=1S/C20H25F3N4O.ClH/c1-3-24-12-15-8-10-26(11-9-15)19(28)17-13-25-27(18(17)20(21,22)23)16-6-4-14(2)5-7-16;/h4-7,13,15,24H,3,8-12H2,1-2H3;1H. The van der Waals surface area contributed by atoms with Crippen molar-refractivity contribution in [3.63, 3.8) is 0 Å². The molecule has 0 bridgehead atoms. The number of hydrogen-bond acceptors (Lipinski definition) is 3. The van der Waals surface area contributed by atoms with E-state index in [1.807, 2.05) is 13.8 Å². The molecule has 0 atom stereocenters. The summed E-state index contributed by atoms with van der Waals surface area (Å²) < 4.78 is 42.2. The van der Waals surface area contributed by atoms with Crippen molar-refractivity contribution in [2.24, 2.45) is 5.92 Å². The summed E-state index contributed by atoms with van der Waals surface area (Å²) in [7, 11) is 0. The van der Waals surface area contributed by atoms with Crippen LogP contribution in [0.1, 0.15) is 41.4 Å². The van der Waals surface area contributed by atoms with Crippen LogP contribution in [-0.4, -0.2) is 46.8 Å². The Labute approximate surface area is 174 Å². The summed E-state index contributed by atoms with van der Waals surface area (Å²) in [6.45, 7) is 6.56. The number of carbonyl (C=O) groups excluding carboxylic acids is 1. The maximum Gasteiger partial charge on any atom is 0.434 e. The first kappa shape index (κ1) is 23.2. The Balaban J connectivity index is 0.00000300. The highest BCUT2D eigenvalue weighted by Crippen LogP contribution is 2.34. The number of aryl methyl sites for hydroxylation is 1. The average Bonchev–Trinajstić information content (AvgIpc) is 3.12. The molecule has 5 nitrogen and oxygen atoms in total. The second-order valence-electron chi connectivity index (χ2n) is 7.20. The number of carbonyl (C=O) groups is 1. The van der Waals surface area contributed by atoms with Crippen LogP contribution in [0.15, 0.2) is 30.5 Å². The fourth-order valence-corrected chi connectivity index (χ4v) is 3.52. The van der Waals surface area contributed by atoms with Crippen LogP contribution in [0.4, 0.5) is 13.2 Å². The van der Waals surface area contributed by atoms with E-state index in [-0.39, 0.29) is 18.1 Å². The second kappa shape index (κ2) is 9.63. The number of aromatic nitrogens is 2. The Hall–Kier alpha value is -2.06. The predicted molar refractivity (Wildman–Crippen MR) is 108 cm³/mol. The molecule has 2 aromatic rings. The molecule has 29 heavy (non-hydrogen) atoms. The number of rotatable bonds is 5. The molecule has 0 spiro atoms. The first-order valence-corrected chi connectivity index (χ1v) is 9.53. The zero-order valence-electron chi connectivity index (χ0n) is 16.5. The number of alkyl halides is 3. The lowest BCUT2D eigenvalue weighted by Crippen LogP contribution is -2.41. The normalized spacial score (nSPS) is 15.3. The van der Waals surface area contributed by atoms with Crippen LogP contribution < -0.4 is 5.32 Å². The number of piperidine rings is 1. The van der Waals surface area contributed by atoms with E-state index in [1.165, 1.54) is 4.90 Å². The average molecular weight is 431 g/mol. The summed E-state index contributed by atoms with van der Waals surface area (Å²) in [5, 5.41) is 7.18. The summed E-state index contributed by atoms with van der Waals surface area (Å²) in [6.07, 6.45) is -2.08. The number of nitrogens with zero attached hydrogens (tertiary/aromatic N) is 3. The van der Waals surface area contributed by atoms with E-state index in [9.17, 15) is 18.0 Å². The van der Waals surface area contributed by atoms with Crippen molar-refractivity contribution in [2.45, 2.75) is 32.9 Å². The maximum absolute atomic E-state index is 13.8. The van der Waals surface area contributed by atoms with Gasteiger partial charge in [-0.25, -0.2) is 4.68 Å². The lowest BCUT2D eigenvalue weighted by Gasteiger charge is -2.32. The maximum atomic E-state index is 13.8. The Morgan fingerprint density at radius 2 is 1.83 bits per heavy atom. The summed E-state index contributed by atoms with van der Waals surface area (Å²) in [4.78, 5) is 14.4. The predicted octanol–water partition coefficient (Wildman–Crippen LogP) is 4.08. The van der Waals surface area contributed by atoms with Crippen LogP contribution >= 0.6 is 12.4 Å². The number of benzene rings is 1. The van der Waals surface area contributed by atoms with Crippen molar-refractivity contribution >= 4 is 18.3 Å². The number of hydrogen-bond donors (Lipinski definition) is 1. The molecule has 1 saturated heterocycles. The Morgan fingerprint density at radius 1 is 1.21 bits per heavy atom. The molecule has 2 heterocycles. The van der Waals surface area contributed by atoms with Gasteiger partial charge >= 0.3 is 6.18 Å². The van der Waals surface area contributed by atoms with Crippen molar-refractivity contribution in [2.75, 3.05) is 26.2 Å². The van der Waals surface area contributed by atoms with Gasteiger partial charge in [-0.3, -0.25) is 4.79 Å². The third-order valence-electron chi connectivity index (χ3n) is 5.13. The molecule has 1 aromatic carbocycles. The van der Waals surface area contributed by atoms with Crippen molar-refractivity contribution < 1.29 is 18.0 Å². The Bertz CT molecular complexity index is 812. The molecule has 1 fully saturated rings. The molecule has 1 N–H and O–H groups in total. The van der Waals surface area contributed by atoms with E-state index >= 15 is 0 Å². The lowest BCUT2D eigenvalue weighted by atomic mass is 9.96. The van der Waals surface area contributed by atoms with Crippen LogP contribution in [0, 0.1) is 12.8 Å². The topological polar surface area (TPSA) is 50.2 Å². The van der Waals surface area contributed by atoms with Gasteiger partial charge in [-0.15, -0.1) is 12.4 Å². The molecule has 1 amide bonds. The number of likely N-dealkylation sites (tertiary alicyclic amines) is 1. The molecule has 0 saturated carbocycles. The molecule has 0 radical (unpaired) electrons. The van der Waals surface area contributed by atoms with Crippen molar-refractivity contribution in [1.29, 1.82) is 0 Å². The van der Waals surface area contributed by atoms with Crippen LogP contribution in [0.2, 0.25) is 0 Å². The minimum atomic E-state index is -4.68. The second-order valence-corrected chi connectivity index (χ2v) is 7.20. The van der Waals surface area contributed by atoms with Crippen LogP contribution in [0.25, 0.3) is 5.69 Å². The Morgan fingerprint density at radius 3 is 2.38 bits per heavy atom. The fourth-order valence-electron chi connectivity index (χ4n) is 3.52. The Kier molecular flexibility index (Phi) is 7.71. The molecular formula is C20H26ClF3N4O. The third-order valence-corrected chi connectivity index (χ3v) is 5.13. The van der Waals surface area contributed by atoms with Crippen LogP contribution in [0.5, 0.6) is 0 Å². The quantitative estimate of drug-likeness (QED) is 0.777. The van der Waals surface area contributed by atoms with Gasteiger partial charge in [0.05, 0.1) is 17.4 Å². The minimum Gasteiger partial charge on any atom is -0.339 e. The first-order valence-electron chi connectivity index (χ1n) is 9.53. The highest BCUT2D eigenvalue weighted by molar-refractivity contribution is 5.95. The summed E-state index contributed by atoms with van der Waals surface area (Å²) in [5.74, 6) is -0.158. The van der Waals surface area contributed by atoms with Gasteiger partial charge in [0.25, 0.3) is 5.91 Å². The van der Waals surface area contributed by atoms with E-state index in [1.54, 1.807) is 24.3 Å². The SMILES string of the molecule is CCNCC1CCN(C(=O)c2cnn(-c3ccc(C)cc3)c2C(F)(F)F)CC1.Cl. The zero-order chi connectivity index (χ0) is 20.3. The van der Waals surface area contributed by atoms with Gasteiger partial charge in [0.2, 0.25) is 0 Å². The van der Waals surface area contributed by atoms with Crippen LogP contribution in [-0.2, 0) is 6.18 Å². The van der Waals surface area contributed by atoms with Gasteiger partial charge in [-0.05, 0) is 50.9 Å². The summed E-state index contributed by atoms with van der Waals surface area (Å²) in [5.41, 5.74) is -0.197. The van der Waals surface area contributed by atoms with E-state index < -0.39 is 23.3 Å². The molecule has 1 aliphatic heterocycles. The van der Waals surface area contributed by atoms with Gasteiger partial charge in [-0.1, -0.05) is 24.6 Å². The number of amides is 1. The first-order chi connectivity index (χ1) is 13.3. The molecule has 0 unspecified atom stereocenters. The fraction of sp³-hybridized carbons (Fsp3) is 0.500. The van der Waals surface area contributed by atoms with Crippen molar-refractivity contribution in [3.05, 3.63) is 47.3 Å². The molecule has 160 valence electrons. The number of halogens is 4. The lowest BCUT2D eigenvalue weighted by molar-refractivity contribution is -0.143. The van der Waals surface area contributed by atoms with Crippen molar-refractivity contribution in [3.8, 4) is 5.69 Å². The molecule has 0 aliphatic carbocycles. The largest absolute Gasteiger partial charge is 0.434 e. The molecule has 9 heteroatoms. The van der Waals surface area contributed by atoms with Crippen LogP contribution in [0.3, 0.4) is 0 Å². The van der Waals surface area contributed by atoms with E-state index in [0.717, 1.165) is 42.4 Å². The highest BCUT2D eigenvalue weighted by Gasteiger charge is 2.41. The molecule has 1 aliphatic rings.